The summed E-state index contributed by atoms with van der Waals surface area (Å²) >= 11 is 0. The molecule has 4 heteroatoms. The van der Waals surface area contributed by atoms with E-state index in [4.69, 9.17) is 0 Å². The largest absolute Gasteiger partial charge is 0.347 e. The number of nitrogens with zero attached hydrogens (tertiary/aromatic N) is 2. The number of amides is 1. The highest BCUT2D eigenvalue weighted by molar-refractivity contribution is 5.93. The molecule has 4 rings (SSSR count). The van der Waals surface area contributed by atoms with Gasteiger partial charge in [0.2, 0.25) is 0 Å². The molecule has 0 radical (unpaired) electrons. The van der Waals surface area contributed by atoms with E-state index in [1.54, 1.807) is 6.20 Å². The van der Waals surface area contributed by atoms with Gasteiger partial charge in [0, 0.05) is 30.7 Å². The van der Waals surface area contributed by atoms with Gasteiger partial charge in [0.05, 0.1) is 0 Å². The Hall–Kier alpha value is -3.14. The Morgan fingerprint density at radius 3 is 2.73 bits per heavy atom. The van der Waals surface area contributed by atoms with Gasteiger partial charge < -0.3 is 10.2 Å². The third-order valence-electron chi connectivity index (χ3n) is 4.69. The predicted molar refractivity (Wildman–Crippen MR) is 104 cm³/mol. The van der Waals surface area contributed by atoms with E-state index >= 15 is 0 Å². The van der Waals surface area contributed by atoms with Gasteiger partial charge in [-0.3, -0.25) is 9.78 Å². The van der Waals surface area contributed by atoms with Crippen molar-refractivity contribution < 1.29 is 4.79 Å². The van der Waals surface area contributed by atoms with E-state index < -0.39 is 0 Å². The highest BCUT2D eigenvalue weighted by atomic mass is 16.1. The topological polar surface area (TPSA) is 45.2 Å². The summed E-state index contributed by atoms with van der Waals surface area (Å²) in [5.41, 5.74) is 5.10. The van der Waals surface area contributed by atoms with Crippen molar-refractivity contribution in [2.45, 2.75) is 19.4 Å². The fourth-order valence-corrected chi connectivity index (χ4v) is 3.38. The lowest BCUT2D eigenvalue weighted by Crippen LogP contribution is -2.26. The summed E-state index contributed by atoms with van der Waals surface area (Å²) in [6.45, 7) is 1.45. The van der Waals surface area contributed by atoms with Gasteiger partial charge in [-0.15, -0.1) is 0 Å². The maximum Gasteiger partial charge on any atom is 0.270 e. The number of carbonyl (C=O) groups excluding carboxylic acids is 1. The van der Waals surface area contributed by atoms with Crippen LogP contribution >= 0.6 is 0 Å². The van der Waals surface area contributed by atoms with Gasteiger partial charge in [-0.05, 0) is 42.2 Å². The predicted octanol–water partition coefficient (Wildman–Crippen LogP) is 4.10. The molecule has 2 heterocycles. The molecular weight excluding hydrogens is 322 g/mol. The number of fused-ring (bicyclic) bond motifs is 1. The molecule has 0 saturated heterocycles. The van der Waals surface area contributed by atoms with E-state index in [2.05, 4.69) is 39.5 Å². The molecule has 0 atom stereocenters. The highest BCUT2D eigenvalue weighted by Gasteiger charge is 2.19. The minimum atomic E-state index is -0.152. The molecule has 0 fully saturated rings. The number of carbonyl (C=O) groups is 1. The molecule has 1 aliphatic heterocycles. The van der Waals surface area contributed by atoms with Gasteiger partial charge in [0.1, 0.15) is 5.69 Å². The Morgan fingerprint density at radius 2 is 1.85 bits per heavy atom. The van der Waals surface area contributed by atoms with Crippen LogP contribution in [0.5, 0.6) is 0 Å². The minimum Gasteiger partial charge on any atom is -0.347 e. The Kier molecular flexibility index (Phi) is 4.65. The van der Waals surface area contributed by atoms with E-state index in [1.807, 2.05) is 42.5 Å². The summed E-state index contributed by atoms with van der Waals surface area (Å²) in [6, 6.07) is 22.2. The van der Waals surface area contributed by atoms with Crippen LogP contribution in [-0.4, -0.2) is 17.4 Å². The van der Waals surface area contributed by atoms with Crippen molar-refractivity contribution in [3.05, 3.63) is 89.7 Å². The quantitative estimate of drug-likeness (QED) is 0.776. The first-order chi connectivity index (χ1) is 12.8. The van der Waals surface area contributed by atoms with E-state index in [0.29, 0.717) is 12.2 Å². The van der Waals surface area contributed by atoms with Gasteiger partial charge in [0.15, 0.2) is 0 Å². The van der Waals surface area contributed by atoms with Crippen LogP contribution in [0.15, 0.2) is 72.9 Å². The number of hydrogen-bond acceptors (Lipinski definition) is 3. The molecule has 0 bridgehead atoms. The fraction of sp³-hybridized carbons (Fsp3) is 0.182. The molecule has 1 aromatic heterocycles. The zero-order valence-corrected chi connectivity index (χ0v) is 14.6. The Balaban J connectivity index is 1.53. The first kappa shape index (κ1) is 16.3. The zero-order valence-electron chi connectivity index (χ0n) is 14.6. The average molecular weight is 343 g/mol. The van der Waals surface area contributed by atoms with E-state index in [0.717, 1.165) is 30.6 Å². The lowest BCUT2D eigenvalue weighted by Gasteiger charge is -2.31. The normalized spacial score (nSPS) is 13.2. The van der Waals surface area contributed by atoms with Crippen LogP contribution in [0.3, 0.4) is 0 Å². The standard InChI is InChI=1S/C22H21N3O/c26-22(24-16-17-7-2-1-3-8-17)20-15-19(12-13-23-20)25-14-6-10-18-9-4-5-11-21(18)25/h1-5,7-9,11-13,15H,6,10,14,16H2,(H,24,26). The molecule has 1 amide bonds. The first-order valence-corrected chi connectivity index (χ1v) is 8.95. The molecular formula is C22H21N3O. The van der Waals surface area contributed by atoms with E-state index in [-0.39, 0.29) is 5.91 Å². The first-order valence-electron chi connectivity index (χ1n) is 8.95. The number of hydrogen-bond donors (Lipinski definition) is 1. The summed E-state index contributed by atoms with van der Waals surface area (Å²) in [6.07, 6.45) is 3.92. The molecule has 26 heavy (non-hydrogen) atoms. The number of aryl methyl sites for hydroxylation is 1. The maximum atomic E-state index is 12.5. The van der Waals surface area contributed by atoms with E-state index in [1.165, 1.54) is 11.3 Å². The third-order valence-corrected chi connectivity index (χ3v) is 4.69. The third kappa shape index (κ3) is 3.45. The molecule has 2 aromatic carbocycles. The molecule has 0 aliphatic carbocycles. The summed E-state index contributed by atoms with van der Waals surface area (Å²) < 4.78 is 0. The molecule has 4 nitrogen and oxygen atoms in total. The smallest absolute Gasteiger partial charge is 0.270 e. The minimum absolute atomic E-state index is 0.152. The van der Waals surface area contributed by atoms with Gasteiger partial charge in [-0.25, -0.2) is 0 Å². The molecule has 0 spiro atoms. The fourth-order valence-electron chi connectivity index (χ4n) is 3.38. The molecule has 0 unspecified atom stereocenters. The summed E-state index contributed by atoms with van der Waals surface area (Å²) in [7, 11) is 0. The number of nitrogens with one attached hydrogen (secondary N) is 1. The second kappa shape index (κ2) is 7.40. The monoisotopic (exact) mass is 343 g/mol. The van der Waals surface area contributed by atoms with E-state index in [9.17, 15) is 4.79 Å². The lowest BCUT2D eigenvalue weighted by molar-refractivity contribution is 0.0946. The van der Waals surface area contributed by atoms with Crippen molar-refractivity contribution in [1.29, 1.82) is 0 Å². The number of para-hydroxylation sites is 1. The Morgan fingerprint density at radius 1 is 1.04 bits per heavy atom. The van der Waals surface area contributed by atoms with Gasteiger partial charge >= 0.3 is 0 Å². The van der Waals surface area contributed by atoms with Crippen LogP contribution in [0.25, 0.3) is 0 Å². The Bertz CT molecular complexity index is 908. The van der Waals surface area contributed by atoms with Crippen LogP contribution < -0.4 is 10.2 Å². The van der Waals surface area contributed by atoms with Crippen molar-refractivity contribution in [2.24, 2.45) is 0 Å². The second-order valence-corrected chi connectivity index (χ2v) is 6.45. The van der Waals surface area contributed by atoms with Gasteiger partial charge in [-0.1, -0.05) is 48.5 Å². The van der Waals surface area contributed by atoms with Crippen LogP contribution in [0.1, 0.15) is 28.0 Å². The second-order valence-electron chi connectivity index (χ2n) is 6.45. The summed E-state index contributed by atoms with van der Waals surface area (Å²) in [4.78, 5) is 19.0. The molecule has 0 saturated carbocycles. The molecule has 1 N–H and O–H groups in total. The molecule has 3 aromatic rings. The van der Waals surface area contributed by atoms with Crippen molar-refractivity contribution >= 4 is 17.3 Å². The van der Waals surface area contributed by atoms with Gasteiger partial charge in [-0.2, -0.15) is 0 Å². The highest BCUT2D eigenvalue weighted by Crippen LogP contribution is 2.33. The molecule has 1 aliphatic rings. The Labute approximate surface area is 153 Å². The summed E-state index contributed by atoms with van der Waals surface area (Å²) in [5, 5.41) is 2.94. The van der Waals surface area contributed by atoms with Crippen LogP contribution in [0, 0.1) is 0 Å². The summed E-state index contributed by atoms with van der Waals surface area (Å²) in [5.74, 6) is -0.152. The lowest BCUT2D eigenvalue weighted by atomic mass is 10.0. The van der Waals surface area contributed by atoms with Gasteiger partial charge in [0.25, 0.3) is 5.91 Å². The SMILES string of the molecule is O=C(NCc1ccccc1)c1cc(N2CCCc3ccccc32)ccn1. The van der Waals surface area contributed by atoms with Crippen molar-refractivity contribution in [3.63, 3.8) is 0 Å². The maximum absolute atomic E-state index is 12.5. The number of pyridine rings is 1. The van der Waals surface area contributed by atoms with Crippen LogP contribution in [0.2, 0.25) is 0 Å². The zero-order chi connectivity index (χ0) is 17.8. The average Bonchev–Trinajstić information content (AvgIpc) is 2.72. The van der Waals surface area contributed by atoms with Crippen molar-refractivity contribution in [2.75, 3.05) is 11.4 Å². The van der Waals surface area contributed by atoms with Crippen molar-refractivity contribution in [1.82, 2.24) is 10.3 Å². The number of anilines is 2. The van der Waals surface area contributed by atoms with Crippen LogP contribution in [0.4, 0.5) is 11.4 Å². The van der Waals surface area contributed by atoms with Crippen LogP contribution in [-0.2, 0) is 13.0 Å². The number of benzene rings is 2. The number of aromatic nitrogens is 1. The molecule has 130 valence electrons. The van der Waals surface area contributed by atoms with Crippen molar-refractivity contribution in [3.8, 4) is 0 Å². The number of rotatable bonds is 4.